The minimum atomic E-state index is -4.92. The third-order valence-corrected chi connectivity index (χ3v) is 3.94. The molecule has 0 aliphatic heterocycles. The van der Waals surface area contributed by atoms with Crippen molar-refractivity contribution in [2.24, 2.45) is 0 Å². The van der Waals surface area contributed by atoms with Crippen molar-refractivity contribution in [3.05, 3.63) is 18.2 Å². The number of hydrogen-bond donors (Lipinski definition) is 4. The van der Waals surface area contributed by atoms with Crippen molar-refractivity contribution in [3.63, 3.8) is 0 Å². The third kappa shape index (κ3) is 3.28. The maximum absolute atomic E-state index is 11.0. The van der Waals surface area contributed by atoms with Crippen LogP contribution in [0, 0.1) is 0 Å². The van der Waals surface area contributed by atoms with Gasteiger partial charge in [0.25, 0.3) is 0 Å². The Hall–Kier alpha value is -0.942. The molecule has 0 amide bonds. The van der Waals surface area contributed by atoms with E-state index in [2.05, 4.69) is 0 Å². The molecule has 0 spiro atoms. The zero-order valence-corrected chi connectivity index (χ0v) is 10.6. The number of aliphatic hydroxyl groups is 1. The molecule has 90 valence electrons. The third-order valence-electron chi connectivity index (χ3n) is 1.94. The second-order valence-corrected chi connectivity index (χ2v) is 6.61. The number of nitrogen functional groups attached to an aromatic ring is 1. The summed E-state index contributed by atoms with van der Waals surface area (Å²) in [5.74, 6) is 0.210. The van der Waals surface area contributed by atoms with Gasteiger partial charge in [-0.1, -0.05) is 0 Å². The van der Waals surface area contributed by atoms with Gasteiger partial charge in [0.2, 0.25) is 0 Å². The molecule has 1 unspecified atom stereocenters. The van der Waals surface area contributed by atoms with E-state index in [1.807, 2.05) is 0 Å². The van der Waals surface area contributed by atoms with Crippen LogP contribution < -0.4 is 14.8 Å². The molecule has 0 aromatic heterocycles. The van der Waals surface area contributed by atoms with E-state index in [1.165, 1.54) is 12.1 Å². The molecule has 6 nitrogen and oxygen atoms in total. The van der Waals surface area contributed by atoms with E-state index in [9.17, 15) is 8.85 Å². The molecule has 0 saturated heterocycles. The molecule has 16 heavy (non-hydrogen) atoms. The van der Waals surface area contributed by atoms with Crippen molar-refractivity contribution >= 4 is 24.2 Å². The monoisotopic (exact) mass is 291 g/mol. The quantitative estimate of drug-likeness (QED) is 0.319. The van der Waals surface area contributed by atoms with Gasteiger partial charge in [-0.15, -0.1) is 0 Å². The fraction of sp³-hybridized carbons (Fsp3) is 0.333. The average molecular weight is 291 g/mol. The van der Waals surface area contributed by atoms with E-state index in [1.54, 1.807) is 6.92 Å². The standard InChI is InChI=1S/C9H14AsNO5/c1-2-9(12)16-8-4-3-6(5-7(8)11)10(13,14)15/h3-5,9,12H,2,11H2,1H3,(H2,13,14,15). The summed E-state index contributed by atoms with van der Waals surface area (Å²) in [5, 5.41) is 9.24. The van der Waals surface area contributed by atoms with Crippen LogP contribution in [0.25, 0.3) is 0 Å². The second kappa shape index (κ2) is 4.93. The fourth-order valence-corrected chi connectivity index (χ4v) is 2.26. The maximum atomic E-state index is 11.0. The van der Waals surface area contributed by atoms with Gasteiger partial charge in [0.05, 0.1) is 0 Å². The van der Waals surface area contributed by atoms with Gasteiger partial charge in [0.1, 0.15) is 0 Å². The van der Waals surface area contributed by atoms with Crippen LogP contribution >= 0.6 is 0 Å². The van der Waals surface area contributed by atoms with Gasteiger partial charge >= 0.3 is 95.3 Å². The Kier molecular flexibility index (Phi) is 4.04. The number of aliphatic hydroxyl groups excluding tert-OH is 1. The van der Waals surface area contributed by atoms with Gasteiger partial charge in [-0.2, -0.15) is 0 Å². The molecule has 0 fully saturated rings. The van der Waals surface area contributed by atoms with E-state index < -0.39 is 20.5 Å². The molecular formula is C9H14AsNO5. The Morgan fingerprint density at radius 1 is 1.50 bits per heavy atom. The van der Waals surface area contributed by atoms with E-state index in [4.69, 9.17) is 18.7 Å². The minimum absolute atomic E-state index is 0.0923. The number of nitrogens with two attached hydrogens (primary N) is 1. The van der Waals surface area contributed by atoms with Crippen LogP contribution in [0.2, 0.25) is 0 Å². The Balaban J connectivity index is 2.96. The molecule has 0 aliphatic rings. The molecule has 1 aromatic carbocycles. The van der Waals surface area contributed by atoms with Crippen LogP contribution in [0.1, 0.15) is 13.3 Å². The summed E-state index contributed by atoms with van der Waals surface area (Å²) in [5.41, 5.74) is 5.64. The van der Waals surface area contributed by atoms with Gasteiger partial charge in [-0.05, 0) is 0 Å². The Morgan fingerprint density at radius 2 is 2.12 bits per heavy atom. The first-order valence-electron chi connectivity index (χ1n) is 4.65. The number of ether oxygens (including phenoxy) is 1. The summed E-state index contributed by atoms with van der Waals surface area (Å²) in [4.78, 5) is 0. The Morgan fingerprint density at radius 3 is 2.56 bits per heavy atom. The number of benzene rings is 1. The molecular weight excluding hydrogens is 277 g/mol. The molecule has 0 heterocycles. The summed E-state index contributed by atoms with van der Waals surface area (Å²) < 4.78 is 33.8. The van der Waals surface area contributed by atoms with E-state index in [0.717, 1.165) is 6.07 Å². The molecule has 1 atom stereocenters. The number of rotatable bonds is 4. The zero-order chi connectivity index (χ0) is 12.3. The van der Waals surface area contributed by atoms with Crippen molar-refractivity contribution in [1.82, 2.24) is 0 Å². The van der Waals surface area contributed by atoms with E-state index in [-0.39, 0.29) is 15.8 Å². The van der Waals surface area contributed by atoms with Crippen LogP contribution in [-0.4, -0.2) is 33.8 Å². The first-order valence-corrected chi connectivity index (χ1v) is 8.03. The first kappa shape index (κ1) is 13.1. The molecule has 0 bridgehead atoms. The SMILES string of the molecule is CCC(O)Oc1ccc([As](=O)(O)O)cc1N. The molecule has 1 rings (SSSR count). The summed E-state index contributed by atoms with van der Waals surface area (Å²) >= 11 is -4.92. The zero-order valence-electron chi connectivity index (χ0n) is 8.70. The van der Waals surface area contributed by atoms with E-state index >= 15 is 0 Å². The van der Waals surface area contributed by atoms with Gasteiger partial charge in [0, 0.05) is 0 Å². The summed E-state index contributed by atoms with van der Waals surface area (Å²) in [7, 11) is 0. The predicted octanol–water partition coefficient (Wildman–Crippen LogP) is -1.06. The summed E-state index contributed by atoms with van der Waals surface area (Å²) in [6.45, 7) is 1.73. The molecule has 7 heteroatoms. The van der Waals surface area contributed by atoms with Crippen molar-refractivity contribution < 1.29 is 21.8 Å². The summed E-state index contributed by atoms with van der Waals surface area (Å²) in [6.07, 6.45) is -0.586. The van der Waals surface area contributed by atoms with E-state index in [0.29, 0.717) is 6.42 Å². The molecule has 0 radical (unpaired) electrons. The van der Waals surface area contributed by atoms with Crippen molar-refractivity contribution in [1.29, 1.82) is 0 Å². The Bertz CT molecular complexity index is 416. The van der Waals surface area contributed by atoms with Gasteiger partial charge < -0.3 is 0 Å². The van der Waals surface area contributed by atoms with Gasteiger partial charge in [0.15, 0.2) is 0 Å². The second-order valence-electron chi connectivity index (χ2n) is 3.25. The fourth-order valence-electron chi connectivity index (χ4n) is 1.05. The molecule has 0 saturated carbocycles. The normalized spacial score (nSPS) is 13.5. The van der Waals surface area contributed by atoms with Crippen LogP contribution in [-0.2, 0) is 3.74 Å². The van der Waals surface area contributed by atoms with Crippen LogP contribution in [0.4, 0.5) is 5.69 Å². The van der Waals surface area contributed by atoms with Gasteiger partial charge in [-0.3, -0.25) is 0 Å². The number of anilines is 1. The van der Waals surface area contributed by atoms with Crippen LogP contribution in [0.15, 0.2) is 18.2 Å². The van der Waals surface area contributed by atoms with Crippen molar-refractivity contribution in [2.45, 2.75) is 19.6 Å². The predicted molar refractivity (Wildman–Crippen MR) is 58.3 cm³/mol. The van der Waals surface area contributed by atoms with Crippen LogP contribution in [0.3, 0.4) is 0 Å². The average Bonchev–Trinajstić information content (AvgIpc) is 2.19. The molecule has 1 aromatic rings. The summed E-state index contributed by atoms with van der Waals surface area (Å²) in [6, 6.07) is 3.75. The molecule has 5 N–H and O–H groups in total. The van der Waals surface area contributed by atoms with Gasteiger partial charge in [-0.25, -0.2) is 0 Å². The number of hydrogen-bond acceptors (Lipinski definition) is 4. The van der Waals surface area contributed by atoms with Crippen LogP contribution in [0.5, 0.6) is 5.75 Å². The Labute approximate surface area is 95.7 Å². The van der Waals surface area contributed by atoms with Crippen molar-refractivity contribution in [3.8, 4) is 5.75 Å². The topological polar surface area (TPSA) is 113 Å². The first-order chi connectivity index (χ1) is 7.34. The van der Waals surface area contributed by atoms with Crippen molar-refractivity contribution in [2.75, 3.05) is 5.73 Å². The molecule has 0 aliphatic carbocycles.